The summed E-state index contributed by atoms with van der Waals surface area (Å²) in [5.41, 5.74) is 11.0. The minimum absolute atomic E-state index is 0. The van der Waals surface area contributed by atoms with Gasteiger partial charge >= 0.3 is 21.7 Å². The molecule has 0 nitrogen and oxygen atoms in total. The number of benzene rings is 4. The van der Waals surface area contributed by atoms with Gasteiger partial charge in [-0.1, -0.05) is 113 Å². The zero-order chi connectivity index (χ0) is 30.9. The molecule has 6 aromatic carbocycles. The molecular formula is C43H48Cl2Ti-4. The largest absolute Gasteiger partial charge is 2.00 e. The van der Waals surface area contributed by atoms with E-state index in [1.807, 2.05) is 0 Å². The van der Waals surface area contributed by atoms with Gasteiger partial charge in [0.05, 0.1) is 0 Å². The second-order valence-electron chi connectivity index (χ2n) is 12.0. The zero-order valence-electron chi connectivity index (χ0n) is 28.3. The molecule has 0 N–H and O–H groups in total. The Morgan fingerprint density at radius 3 is 1.15 bits per heavy atom. The van der Waals surface area contributed by atoms with Crippen LogP contribution in [0.15, 0.2) is 109 Å². The molecule has 6 aromatic rings. The van der Waals surface area contributed by atoms with E-state index in [9.17, 15) is 0 Å². The molecule has 0 saturated carbocycles. The third-order valence-corrected chi connectivity index (χ3v) is 8.23. The van der Waals surface area contributed by atoms with Crippen LogP contribution in [0.2, 0.25) is 0 Å². The van der Waals surface area contributed by atoms with E-state index < -0.39 is 0 Å². The summed E-state index contributed by atoms with van der Waals surface area (Å²) in [4.78, 5) is 0. The van der Waals surface area contributed by atoms with Crippen LogP contribution in [0.3, 0.4) is 0 Å². The molecule has 0 unspecified atom stereocenters. The van der Waals surface area contributed by atoms with Crippen LogP contribution < -0.4 is 24.8 Å². The first-order valence-electron chi connectivity index (χ1n) is 15.9. The summed E-state index contributed by atoms with van der Waals surface area (Å²) in [5.74, 6) is 1.16. The van der Waals surface area contributed by atoms with E-state index in [0.29, 0.717) is 11.8 Å². The fraction of sp³-hybridized carbons (Fsp3) is 0.256. The van der Waals surface area contributed by atoms with Crippen molar-refractivity contribution in [1.29, 1.82) is 0 Å². The van der Waals surface area contributed by atoms with Crippen molar-refractivity contribution in [3.8, 4) is 22.3 Å². The van der Waals surface area contributed by atoms with Crippen LogP contribution in [0.25, 0.3) is 43.8 Å². The van der Waals surface area contributed by atoms with E-state index in [2.05, 4.69) is 165 Å². The van der Waals surface area contributed by atoms with Gasteiger partial charge in [0.15, 0.2) is 0 Å². The minimum Gasteiger partial charge on any atom is -1.00 e. The molecule has 6 rings (SSSR count). The van der Waals surface area contributed by atoms with Crippen molar-refractivity contribution in [2.24, 2.45) is 0 Å². The average Bonchev–Trinajstić information content (AvgIpc) is 3.67. The average molecular weight is 684 g/mol. The normalized spacial score (nSPS) is 10.3. The Labute approximate surface area is 306 Å². The molecule has 0 heterocycles. The van der Waals surface area contributed by atoms with Crippen molar-refractivity contribution in [1.82, 2.24) is 0 Å². The van der Waals surface area contributed by atoms with Crippen LogP contribution >= 0.6 is 0 Å². The molecule has 0 aromatic heterocycles. The van der Waals surface area contributed by atoms with Crippen LogP contribution in [0.4, 0.5) is 0 Å². The van der Waals surface area contributed by atoms with Gasteiger partial charge in [-0.15, -0.1) is 69.1 Å². The van der Waals surface area contributed by atoms with E-state index in [1.54, 1.807) is 0 Å². The third-order valence-electron chi connectivity index (χ3n) is 8.23. The molecule has 0 aliphatic heterocycles. The van der Waals surface area contributed by atoms with Crippen molar-refractivity contribution in [3.63, 3.8) is 0 Å². The summed E-state index contributed by atoms with van der Waals surface area (Å²) in [6.45, 7) is 20.2. The molecule has 3 heteroatoms. The maximum Gasteiger partial charge on any atom is 2.00 e. The maximum atomic E-state index is 3.38. The molecule has 0 saturated heterocycles. The predicted octanol–water partition coefficient (Wildman–Crippen LogP) is 6.87. The second-order valence-corrected chi connectivity index (χ2v) is 12.0. The van der Waals surface area contributed by atoms with E-state index in [1.165, 1.54) is 66.1 Å². The first kappa shape index (κ1) is 41.4. The first-order valence-corrected chi connectivity index (χ1v) is 15.9. The van der Waals surface area contributed by atoms with Gasteiger partial charge in [-0.25, -0.2) is 0 Å². The predicted molar refractivity (Wildman–Crippen MR) is 192 cm³/mol. The van der Waals surface area contributed by atoms with Crippen molar-refractivity contribution in [2.45, 2.75) is 72.6 Å². The fourth-order valence-electron chi connectivity index (χ4n) is 5.53. The molecule has 46 heavy (non-hydrogen) atoms. The molecular weight excluding hydrogens is 635 g/mol. The van der Waals surface area contributed by atoms with Crippen LogP contribution in [0.1, 0.15) is 82.1 Å². The summed E-state index contributed by atoms with van der Waals surface area (Å²) < 4.78 is 0. The van der Waals surface area contributed by atoms with Crippen LogP contribution in [0.5, 0.6) is 0 Å². The molecule has 0 aliphatic carbocycles. The van der Waals surface area contributed by atoms with Gasteiger partial charge in [0, 0.05) is 0 Å². The SMILES string of the molecule is CCc1ccc(-c2cccc3[cH-]c(C(C)C)cc23)cc1.CCc1ccc(-c2cccc3[cH-]c(C(C)C)cc23)cc1.[CH2-]C[CH2-].[Cl-].[Cl-].[Ti+2]. The third kappa shape index (κ3) is 10.2. The number of hydrogen-bond donors (Lipinski definition) is 0. The molecule has 0 fully saturated rings. The van der Waals surface area contributed by atoms with Gasteiger partial charge in [0.25, 0.3) is 0 Å². The summed E-state index contributed by atoms with van der Waals surface area (Å²) in [7, 11) is 0. The van der Waals surface area contributed by atoms with Gasteiger partial charge in [-0.05, 0) is 46.9 Å². The van der Waals surface area contributed by atoms with Gasteiger partial charge < -0.3 is 45.1 Å². The summed E-state index contributed by atoms with van der Waals surface area (Å²) in [6.07, 6.45) is 2.94. The molecule has 0 atom stereocenters. The Balaban J connectivity index is 0.000000400. The number of rotatable bonds is 6. The van der Waals surface area contributed by atoms with Crippen molar-refractivity contribution >= 4 is 21.5 Å². The van der Waals surface area contributed by atoms with Gasteiger partial charge in [-0.3, -0.25) is 0 Å². The number of fused-ring (bicyclic) bond motifs is 2. The molecule has 0 amide bonds. The van der Waals surface area contributed by atoms with Crippen LogP contribution in [-0.2, 0) is 34.6 Å². The monoisotopic (exact) mass is 682 g/mol. The van der Waals surface area contributed by atoms with Crippen LogP contribution in [-0.4, -0.2) is 0 Å². The number of halogens is 2. The van der Waals surface area contributed by atoms with Crippen molar-refractivity contribution in [3.05, 3.63) is 145 Å². The quantitative estimate of drug-likeness (QED) is 0.133. The summed E-state index contributed by atoms with van der Waals surface area (Å²) in [6, 6.07) is 40.5. The topological polar surface area (TPSA) is 0 Å². The Morgan fingerprint density at radius 2 is 0.870 bits per heavy atom. The molecule has 0 aliphatic rings. The first-order chi connectivity index (χ1) is 20.8. The summed E-state index contributed by atoms with van der Waals surface area (Å²) >= 11 is 0. The van der Waals surface area contributed by atoms with Gasteiger partial charge in [0.2, 0.25) is 0 Å². The van der Waals surface area contributed by atoms with Crippen molar-refractivity contribution < 1.29 is 46.5 Å². The van der Waals surface area contributed by atoms with Gasteiger partial charge in [-0.2, -0.15) is 12.1 Å². The minimum atomic E-state index is 0. The van der Waals surface area contributed by atoms with E-state index in [4.69, 9.17) is 0 Å². The molecule has 0 bridgehead atoms. The van der Waals surface area contributed by atoms with E-state index in [0.717, 1.165) is 19.3 Å². The standard InChI is InChI=1S/2C20H21.C3H6.2ClH.Ti/c2*1-4-15-8-10-16(11-9-15)19-7-5-6-17-12-18(14(2)3)13-20(17)19;1-3-2;;;/h2*5-14H,4H2,1-3H3;1-3H2;2*1H;/q2*-1;-2;;;+2/p-2. The maximum absolute atomic E-state index is 3.38. The number of aryl methyl sites for hydroxylation is 2. The Kier molecular flexibility index (Phi) is 17.9. The Bertz CT molecular complexity index is 1590. The fourth-order valence-corrected chi connectivity index (χ4v) is 5.53. The van der Waals surface area contributed by atoms with E-state index in [-0.39, 0.29) is 46.5 Å². The van der Waals surface area contributed by atoms with E-state index >= 15 is 0 Å². The number of hydrogen-bond acceptors (Lipinski definition) is 0. The Hall–Kier alpha value is -2.61. The van der Waals surface area contributed by atoms with Crippen molar-refractivity contribution in [2.75, 3.05) is 0 Å². The Morgan fingerprint density at radius 1 is 0.543 bits per heavy atom. The molecule has 242 valence electrons. The van der Waals surface area contributed by atoms with Crippen LogP contribution in [0, 0.1) is 13.8 Å². The molecule has 0 spiro atoms. The molecule has 0 radical (unpaired) electrons. The smallest absolute Gasteiger partial charge is 1.00 e. The van der Waals surface area contributed by atoms with Gasteiger partial charge in [0.1, 0.15) is 0 Å². The second kappa shape index (κ2) is 19.9. The zero-order valence-corrected chi connectivity index (χ0v) is 31.4. The summed E-state index contributed by atoms with van der Waals surface area (Å²) in [5, 5.41) is 5.46.